The molecule has 15 heavy (non-hydrogen) atoms. The first-order chi connectivity index (χ1) is 7.34. The third kappa shape index (κ3) is 1.52. The van der Waals surface area contributed by atoms with Crippen LogP contribution in [0.15, 0.2) is 33.6 Å². The van der Waals surface area contributed by atoms with Gasteiger partial charge in [0, 0.05) is 29.7 Å². The summed E-state index contributed by atoms with van der Waals surface area (Å²) in [6.07, 6.45) is 1.89. The molecule has 0 spiro atoms. The Bertz CT molecular complexity index is 475. The number of benzene rings is 1. The van der Waals surface area contributed by atoms with Gasteiger partial charge < -0.3 is 5.32 Å². The Morgan fingerprint density at radius 2 is 2.27 bits per heavy atom. The molecule has 0 aromatic heterocycles. The van der Waals surface area contributed by atoms with Crippen LogP contribution in [0.5, 0.6) is 0 Å². The van der Waals surface area contributed by atoms with E-state index >= 15 is 0 Å². The smallest absolute Gasteiger partial charge is 0.0628 e. The molecule has 2 heterocycles. The molecule has 0 radical (unpaired) electrons. The van der Waals surface area contributed by atoms with Crippen LogP contribution in [-0.4, -0.2) is 12.3 Å². The molecule has 1 N–H and O–H groups in total. The van der Waals surface area contributed by atoms with E-state index in [0.717, 1.165) is 13.1 Å². The van der Waals surface area contributed by atoms with Gasteiger partial charge in [0.15, 0.2) is 0 Å². The highest BCUT2D eigenvalue weighted by molar-refractivity contribution is 8.02. The Hall–Kier alpha value is -1.06. The number of rotatable bonds is 0. The molecule has 0 bridgehead atoms. The number of hydrogen-bond acceptors (Lipinski definition) is 3. The number of nitrogens with one attached hydrogen (secondary N) is 1. The Morgan fingerprint density at radius 3 is 3.20 bits per heavy atom. The summed E-state index contributed by atoms with van der Waals surface area (Å²) in [6, 6.07) is 4.51. The molecule has 0 atom stereocenters. The maximum Gasteiger partial charge on any atom is 0.0628 e. The quantitative estimate of drug-likeness (QED) is 0.720. The van der Waals surface area contributed by atoms with Crippen LogP contribution in [0.25, 0.3) is 0 Å². The third-order valence-corrected chi connectivity index (χ3v) is 3.54. The summed E-state index contributed by atoms with van der Waals surface area (Å²) in [4.78, 5) is 5.82. The minimum Gasteiger partial charge on any atom is -0.307 e. The largest absolute Gasteiger partial charge is 0.307 e. The van der Waals surface area contributed by atoms with Crippen molar-refractivity contribution in [1.29, 1.82) is 0 Å². The van der Waals surface area contributed by atoms with E-state index in [0.29, 0.717) is 0 Å². The Morgan fingerprint density at radius 1 is 1.33 bits per heavy atom. The lowest BCUT2D eigenvalue weighted by Crippen LogP contribution is -2.30. The van der Waals surface area contributed by atoms with Crippen molar-refractivity contribution in [3.63, 3.8) is 0 Å². The fourth-order valence-corrected chi connectivity index (χ4v) is 3.01. The first kappa shape index (κ1) is 9.19. The van der Waals surface area contributed by atoms with Gasteiger partial charge in [0.2, 0.25) is 0 Å². The van der Waals surface area contributed by atoms with E-state index in [2.05, 4.69) is 34.8 Å². The van der Waals surface area contributed by atoms with Gasteiger partial charge in [-0.15, -0.1) is 0 Å². The molecule has 0 fully saturated rings. The van der Waals surface area contributed by atoms with Crippen molar-refractivity contribution in [3.8, 4) is 0 Å². The molecule has 1 aromatic rings. The molecule has 0 amide bonds. The number of nitrogens with zero attached hydrogens (tertiary/aromatic N) is 1. The summed E-state index contributed by atoms with van der Waals surface area (Å²) in [6.45, 7) is 3.99. The first-order valence-corrected chi connectivity index (χ1v) is 5.95. The lowest BCUT2D eigenvalue weighted by Gasteiger charge is -2.21. The predicted octanol–water partition coefficient (Wildman–Crippen LogP) is 2.46. The van der Waals surface area contributed by atoms with Gasteiger partial charge in [-0.1, -0.05) is 17.8 Å². The van der Waals surface area contributed by atoms with Gasteiger partial charge in [0.25, 0.3) is 0 Å². The maximum atomic E-state index is 4.48. The predicted molar refractivity (Wildman–Crippen MR) is 64.4 cm³/mol. The van der Waals surface area contributed by atoms with Crippen molar-refractivity contribution in [2.45, 2.75) is 18.4 Å². The van der Waals surface area contributed by atoms with Crippen LogP contribution in [0.3, 0.4) is 0 Å². The Labute approximate surface area is 93.5 Å². The van der Waals surface area contributed by atoms with Gasteiger partial charge in [-0.05, 0) is 29.5 Å². The minimum absolute atomic E-state index is 0.883. The van der Waals surface area contributed by atoms with E-state index in [1.165, 1.54) is 27.3 Å². The van der Waals surface area contributed by atoms with Crippen molar-refractivity contribution in [1.82, 2.24) is 5.32 Å². The van der Waals surface area contributed by atoms with E-state index in [9.17, 15) is 0 Å². The topological polar surface area (TPSA) is 24.4 Å². The highest BCUT2D eigenvalue weighted by Gasteiger charge is 2.19. The molecule has 76 valence electrons. The first-order valence-electron chi connectivity index (χ1n) is 5.07. The van der Waals surface area contributed by atoms with Crippen LogP contribution in [0.1, 0.15) is 16.7 Å². The third-order valence-electron chi connectivity index (χ3n) is 2.71. The SMILES string of the molecule is Cc1cc2c3c(c1)SC=CN=C3CNC2. The maximum absolute atomic E-state index is 4.48. The molecule has 0 saturated heterocycles. The highest BCUT2D eigenvalue weighted by atomic mass is 32.2. The highest BCUT2D eigenvalue weighted by Crippen LogP contribution is 2.32. The molecule has 2 aliphatic rings. The molecular formula is C12H12N2S. The van der Waals surface area contributed by atoms with Gasteiger partial charge >= 0.3 is 0 Å². The average Bonchev–Trinajstić information content (AvgIpc) is 2.42. The zero-order valence-corrected chi connectivity index (χ0v) is 9.40. The molecule has 0 unspecified atom stereocenters. The van der Waals surface area contributed by atoms with E-state index < -0.39 is 0 Å². The van der Waals surface area contributed by atoms with E-state index in [1.807, 2.05) is 6.20 Å². The normalized spacial score (nSPS) is 18.1. The van der Waals surface area contributed by atoms with Gasteiger partial charge in [0.05, 0.1) is 5.71 Å². The molecule has 3 rings (SSSR count). The van der Waals surface area contributed by atoms with Crippen LogP contribution in [0.4, 0.5) is 0 Å². The van der Waals surface area contributed by atoms with E-state index in [-0.39, 0.29) is 0 Å². The van der Waals surface area contributed by atoms with Crippen LogP contribution < -0.4 is 5.32 Å². The van der Waals surface area contributed by atoms with Crippen molar-refractivity contribution in [2.24, 2.45) is 4.99 Å². The second-order valence-electron chi connectivity index (χ2n) is 3.88. The lowest BCUT2D eigenvalue weighted by atomic mass is 9.97. The van der Waals surface area contributed by atoms with Gasteiger partial charge in [0.1, 0.15) is 0 Å². The van der Waals surface area contributed by atoms with Crippen molar-refractivity contribution >= 4 is 17.5 Å². The Kier molecular flexibility index (Phi) is 2.15. The zero-order chi connectivity index (χ0) is 10.3. The summed E-state index contributed by atoms with van der Waals surface area (Å²) in [5, 5.41) is 5.44. The standard InChI is InChI=1S/C12H12N2S/c1-8-4-9-6-13-7-10-12(9)11(5-8)15-3-2-14-10/h2-5,13H,6-7H2,1H3. The second kappa shape index (κ2) is 3.51. The molecule has 2 aliphatic heterocycles. The lowest BCUT2D eigenvalue weighted by molar-refractivity contribution is 0.751. The molecule has 0 aliphatic carbocycles. The Balaban J connectivity index is 2.29. The van der Waals surface area contributed by atoms with E-state index in [4.69, 9.17) is 0 Å². The molecular weight excluding hydrogens is 204 g/mol. The van der Waals surface area contributed by atoms with Crippen molar-refractivity contribution in [2.75, 3.05) is 6.54 Å². The fraction of sp³-hybridized carbons (Fsp3) is 0.250. The van der Waals surface area contributed by atoms with Crippen molar-refractivity contribution < 1.29 is 0 Å². The summed E-state index contributed by atoms with van der Waals surface area (Å²) >= 11 is 1.77. The summed E-state index contributed by atoms with van der Waals surface area (Å²) < 4.78 is 0. The van der Waals surface area contributed by atoms with Gasteiger partial charge in [-0.25, -0.2) is 0 Å². The number of aryl methyl sites for hydroxylation is 1. The molecule has 1 aromatic carbocycles. The molecule has 3 heteroatoms. The van der Waals surface area contributed by atoms with Crippen LogP contribution in [0, 0.1) is 6.92 Å². The number of aliphatic imine (C=N–C) groups is 1. The summed E-state index contributed by atoms with van der Waals surface area (Å²) in [5.74, 6) is 0. The zero-order valence-electron chi connectivity index (χ0n) is 8.58. The van der Waals surface area contributed by atoms with Crippen LogP contribution in [0.2, 0.25) is 0 Å². The van der Waals surface area contributed by atoms with Gasteiger partial charge in [-0.3, -0.25) is 4.99 Å². The fourth-order valence-electron chi connectivity index (χ4n) is 2.12. The monoisotopic (exact) mass is 216 g/mol. The number of hydrogen-bond donors (Lipinski definition) is 1. The minimum atomic E-state index is 0.883. The summed E-state index contributed by atoms with van der Waals surface area (Å²) in [7, 11) is 0. The van der Waals surface area contributed by atoms with Gasteiger partial charge in [-0.2, -0.15) is 0 Å². The van der Waals surface area contributed by atoms with E-state index in [1.54, 1.807) is 11.8 Å². The summed E-state index contributed by atoms with van der Waals surface area (Å²) in [5.41, 5.74) is 5.24. The van der Waals surface area contributed by atoms with Crippen LogP contribution in [-0.2, 0) is 6.54 Å². The average molecular weight is 216 g/mol. The van der Waals surface area contributed by atoms with Crippen LogP contribution >= 0.6 is 11.8 Å². The number of thioether (sulfide) groups is 1. The van der Waals surface area contributed by atoms with Crippen molar-refractivity contribution in [3.05, 3.63) is 40.4 Å². The second-order valence-corrected chi connectivity index (χ2v) is 4.83. The molecule has 2 nitrogen and oxygen atoms in total. The molecule has 0 saturated carbocycles.